The number of aryl methyl sites for hydroxylation is 1. The molecule has 0 radical (unpaired) electrons. The standard InChI is InChI=1S/C17H24O/c1-17(13-7-11-16(18)14-17)12-6-5-10-15-8-3-2-4-9-15/h2-4,8-9H,5-7,10-14H2,1H3/t17-/m0/s1. The highest BCUT2D eigenvalue weighted by atomic mass is 16.1. The third-order valence-corrected chi connectivity index (χ3v) is 4.20. The van der Waals surface area contributed by atoms with Crippen LogP contribution in [0, 0.1) is 5.41 Å². The zero-order valence-corrected chi connectivity index (χ0v) is 11.5. The topological polar surface area (TPSA) is 17.1 Å². The van der Waals surface area contributed by atoms with E-state index in [0.29, 0.717) is 11.2 Å². The van der Waals surface area contributed by atoms with Gasteiger partial charge in [0.2, 0.25) is 0 Å². The Hall–Kier alpha value is -1.11. The molecule has 0 saturated heterocycles. The maximum atomic E-state index is 11.5. The van der Waals surface area contributed by atoms with Crippen LogP contribution in [0.3, 0.4) is 0 Å². The zero-order chi connectivity index (χ0) is 12.8. The second-order valence-corrected chi connectivity index (χ2v) is 6.07. The summed E-state index contributed by atoms with van der Waals surface area (Å²) in [6.45, 7) is 2.30. The van der Waals surface area contributed by atoms with Crippen LogP contribution in [0.5, 0.6) is 0 Å². The number of carbonyl (C=O) groups excluding carboxylic acids is 1. The van der Waals surface area contributed by atoms with Gasteiger partial charge in [0.15, 0.2) is 0 Å². The van der Waals surface area contributed by atoms with E-state index in [-0.39, 0.29) is 0 Å². The molecule has 0 amide bonds. The molecular weight excluding hydrogens is 220 g/mol. The van der Waals surface area contributed by atoms with Gasteiger partial charge in [-0.2, -0.15) is 0 Å². The first-order chi connectivity index (χ1) is 8.68. The third-order valence-electron chi connectivity index (χ3n) is 4.20. The summed E-state index contributed by atoms with van der Waals surface area (Å²) in [6, 6.07) is 10.7. The van der Waals surface area contributed by atoms with Crippen LogP contribution in [0.15, 0.2) is 30.3 Å². The number of rotatable bonds is 5. The molecule has 0 unspecified atom stereocenters. The summed E-state index contributed by atoms with van der Waals surface area (Å²) >= 11 is 0. The molecule has 1 fully saturated rings. The average molecular weight is 244 g/mol. The normalized spacial score (nSPS) is 24.2. The van der Waals surface area contributed by atoms with E-state index in [1.807, 2.05) is 0 Å². The van der Waals surface area contributed by atoms with E-state index in [0.717, 1.165) is 19.3 Å². The molecule has 1 aliphatic rings. The van der Waals surface area contributed by atoms with E-state index in [2.05, 4.69) is 37.3 Å². The predicted octanol–water partition coefficient (Wildman–Crippen LogP) is 4.55. The first-order valence-electron chi connectivity index (χ1n) is 7.24. The highest BCUT2D eigenvalue weighted by Gasteiger charge is 2.30. The molecular formula is C17H24O. The largest absolute Gasteiger partial charge is 0.300 e. The first kappa shape index (κ1) is 13.3. The van der Waals surface area contributed by atoms with Gasteiger partial charge in [0.25, 0.3) is 0 Å². The smallest absolute Gasteiger partial charge is 0.133 e. The second kappa shape index (κ2) is 6.17. The lowest BCUT2D eigenvalue weighted by Crippen LogP contribution is -2.25. The summed E-state index contributed by atoms with van der Waals surface area (Å²) < 4.78 is 0. The Kier molecular flexibility index (Phi) is 4.57. The van der Waals surface area contributed by atoms with Crippen LogP contribution in [0.4, 0.5) is 0 Å². The van der Waals surface area contributed by atoms with E-state index >= 15 is 0 Å². The van der Waals surface area contributed by atoms with Gasteiger partial charge >= 0.3 is 0 Å². The van der Waals surface area contributed by atoms with Gasteiger partial charge in [0.1, 0.15) is 5.78 Å². The maximum Gasteiger partial charge on any atom is 0.133 e. The molecule has 1 aromatic rings. The van der Waals surface area contributed by atoms with Crippen molar-refractivity contribution >= 4 is 5.78 Å². The number of hydrogen-bond acceptors (Lipinski definition) is 1. The molecule has 0 spiro atoms. The minimum Gasteiger partial charge on any atom is -0.300 e. The van der Waals surface area contributed by atoms with Gasteiger partial charge in [-0.25, -0.2) is 0 Å². The van der Waals surface area contributed by atoms with Crippen molar-refractivity contribution in [2.24, 2.45) is 5.41 Å². The van der Waals surface area contributed by atoms with E-state index in [9.17, 15) is 4.79 Å². The van der Waals surface area contributed by atoms with E-state index in [1.54, 1.807) is 0 Å². The Morgan fingerprint density at radius 3 is 2.67 bits per heavy atom. The lowest BCUT2D eigenvalue weighted by atomic mass is 9.72. The molecule has 0 aliphatic heterocycles. The van der Waals surface area contributed by atoms with Crippen molar-refractivity contribution in [3.63, 3.8) is 0 Å². The molecule has 0 bridgehead atoms. The monoisotopic (exact) mass is 244 g/mol. The number of benzene rings is 1. The molecule has 0 N–H and O–H groups in total. The van der Waals surface area contributed by atoms with Crippen molar-refractivity contribution in [1.82, 2.24) is 0 Å². The summed E-state index contributed by atoms with van der Waals surface area (Å²) in [5.41, 5.74) is 1.73. The van der Waals surface area contributed by atoms with Crippen molar-refractivity contribution in [1.29, 1.82) is 0 Å². The molecule has 2 rings (SSSR count). The first-order valence-corrected chi connectivity index (χ1v) is 7.24. The van der Waals surface area contributed by atoms with Crippen molar-refractivity contribution < 1.29 is 4.79 Å². The Bertz CT molecular complexity index is 382. The molecule has 0 aromatic heterocycles. The zero-order valence-electron chi connectivity index (χ0n) is 11.5. The fourth-order valence-corrected chi connectivity index (χ4v) is 3.10. The summed E-state index contributed by atoms with van der Waals surface area (Å²) in [5, 5.41) is 0. The Morgan fingerprint density at radius 2 is 1.94 bits per heavy atom. The quantitative estimate of drug-likeness (QED) is 0.694. The molecule has 1 heteroatoms. The molecule has 0 heterocycles. The van der Waals surface area contributed by atoms with E-state index < -0.39 is 0 Å². The fourth-order valence-electron chi connectivity index (χ4n) is 3.10. The van der Waals surface area contributed by atoms with Crippen molar-refractivity contribution in [3.8, 4) is 0 Å². The van der Waals surface area contributed by atoms with E-state index in [1.165, 1.54) is 37.7 Å². The van der Waals surface area contributed by atoms with Crippen LogP contribution in [-0.4, -0.2) is 5.78 Å². The van der Waals surface area contributed by atoms with E-state index in [4.69, 9.17) is 0 Å². The molecule has 1 saturated carbocycles. The van der Waals surface area contributed by atoms with Gasteiger partial charge in [-0.15, -0.1) is 0 Å². The van der Waals surface area contributed by atoms with Gasteiger partial charge in [0, 0.05) is 12.8 Å². The highest BCUT2D eigenvalue weighted by molar-refractivity contribution is 5.79. The van der Waals surface area contributed by atoms with Crippen molar-refractivity contribution in [2.75, 3.05) is 0 Å². The minimum atomic E-state index is 0.298. The van der Waals surface area contributed by atoms with Crippen LogP contribution in [0.1, 0.15) is 57.4 Å². The third kappa shape index (κ3) is 3.97. The summed E-state index contributed by atoms with van der Waals surface area (Å²) in [6.07, 6.45) is 8.86. The van der Waals surface area contributed by atoms with Crippen molar-refractivity contribution in [3.05, 3.63) is 35.9 Å². The molecule has 1 nitrogen and oxygen atoms in total. The minimum absolute atomic E-state index is 0.298. The Morgan fingerprint density at radius 1 is 1.17 bits per heavy atom. The number of unbranched alkanes of at least 4 members (excludes halogenated alkanes) is 1. The van der Waals surface area contributed by atoms with Crippen LogP contribution in [0.25, 0.3) is 0 Å². The highest BCUT2D eigenvalue weighted by Crippen LogP contribution is 2.38. The maximum absolute atomic E-state index is 11.5. The number of ketones is 1. The lowest BCUT2D eigenvalue weighted by molar-refractivity contribution is -0.123. The van der Waals surface area contributed by atoms with Crippen LogP contribution in [-0.2, 0) is 11.2 Å². The molecule has 1 atom stereocenters. The fraction of sp³-hybridized carbons (Fsp3) is 0.588. The van der Waals surface area contributed by atoms with Crippen LogP contribution in [0.2, 0.25) is 0 Å². The molecule has 1 aromatic carbocycles. The number of hydrogen-bond donors (Lipinski definition) is 0. The van der Waals surface area contributed by atoms with Crippen LogP contribution < -0.4 is 0 Å². The van der Waals surface area contributed by atoms with Gasteiger partial charge in [-0.1, -0.05) is 43.7 Å². The number of Topliss-reactive ketones (excluding diaryl/α,β-unsaturated/α-hetero) is 1. The second-order valence-electron chi connectivity index (χ2n) is 6.07. The molecule has 18 heavy (non-hydrogen) atoms. The van der Waals surface area contributed by atoms with Crippen LogP contribution >= 0.6 is 0 Å². The Labute approximate surface area is 111 Å². The SMILES string of the molecule is C[C@]1(CCCCc2ccccc2)CCCC(=O)C1. The summed E-state index contributed by atoms with van der Waals surface area (Å²) in [4.78, 5) is 11.5. The van der Waals surface area contributed by atoms with Crippen molar-refractivity contribution in [2.45, 2.75) is 58.3 Å². The molecule has 1 aliphatic carbocycles. The number of carbonyl (C=O) groups is 1. The van der Waals surface area contributed by atoms with Gasteiger partial charge in [-0.3, -0.25) is 4.79 Å². The summed E-state index contributed by atoms with van der Waals surface area (Å²) in [7, 11) is 0. The summed E-state index contributed by atoms with van der Waals surface area (Å²) in [5.74, 6) is 0.479. The lowest BCUT2D eigenvalue weighted by Gasteiger charge is -2.32. The Balaban J connectivity index is 1.70. The molecule has 98 valence electrons. The van der Waals surface area contributed by atoms with Gasteiger partial charge < -0.3 is 0 Å². The average Bonchev–Trinajstić information content (AvgIpc) is 2.36. The van der Waals surface area contributed by atoms with Gasteiger partial charge in [-0.05, 0) is 43.1 Å². The predicted molar refractivity (Wildman–Crippen MR) is 75.6 cm³/mol. The van der Waals surface area contributed by atoms with Gasteiger partial charge in [0.05, 0.1) is 0 Å².